The van der Waals surface area contributed by atoms with Crippen LogP contribution >= 0.6 is 12.2 Å². The first kappa shape index (κ1) is 15.9. The SMILES string of the molecule is CN(C)C(=S)Oc1ccc(/C=C/C(=O)c2ccccc2)cc1. The lowest BCUT2D eigenvalue weighted by Gasteiger charge is -2.13. The third-order valence-electron chi connectivity index (χ3n) is 2.94. The van der Waals surface area contributed by atoms with Crippen LogP contribution in [0, 0.1) is 0 Å². The van der Waals surface area contributed by atoms with E-state index in [1.165, 1.54) is 0 Å². The molecule has 0 bridgehead atoms. The number of rotatable bonds is 4. The molecule has 0 N–H and O–H groups in total. The van der Waals surface area contributed by atoms with Crippen molar-refractivity contribution in [2.45, 2.75) is 0 Å². The summed E-state index contributed by atoms with van der Waals surface area (Å²) in [5, 5.41) is 0.405. The number of ketones is 1. The van der Waals surface area contributed by atoms with Crippen LogP contribution < -0.4 is 4.74 Å². The van der Waals surface area contributed by atoms with Crippen molar-refractivity contribution >= 4 is 29.3 Å². The summed E-state index contributed by atoms with van der Waals surface area (Å²) in [6.07, 6.45) is 3.35. The normalized spacial score (nSPS) is 10.5. The molecule has 0 saturated heterocycles. The smallest absolute Gasteiger partial charge is 0.264 e. The highest BCUT2D eigenvalue weighted by Gasteiger charge is 2.02. The highest BCUT2D eigenvalue weighted by molar-refractivity contribution is 7.80. The molecule has 0 aromatic heterocycles. The quantitative estimate of drug-likeness (QED) is 0.488. The van der Waals surface area contributed by atoms with E-state index < -0.39 is 0 Å². The Bertz CT molecular complexity index is 676. The molecular formula is C18H17NO2S. The Morgan fingerprint density at radius 1 is 1.05 bits per heavy atom. The molecule has 0 spiro atoms. The van der Waals surface area contributed by atoms with Gasteiger partial charge in [-0.25, -0.2) is 0 Å². The molecule has 2 aromatic rings. The standard InChI is InChI=1S/C18H17NO2S/c1-19(2)18(22)21-16-11-8-14(9-12-16)10-13-17(20)15-6-4-3-5-7-15/h3-13H,1-2H3/b13-10+. The van der Waals surface area contributed by atoms with Crippen LogP contribution in [0.4, 0.5) is 0 Å². The van der Waals surface area contributed by atoms with Crippen molar-refractivity contribution in [2.75, 3.05) is 14.1 Å². The Kier molecular flexibility index (Phi) is 5.44. The molecule has 0 amide bonds. The van der Waals surface area contributed by atoms with Crippen molar-refractivity contribution in [1.82, 2.24) is 4.90 Å². The molecule has 0 aliphatic carbocycles. The number of allylic oxidation sites excluding steroid dienone is 1. The molecule has 0 aliphatic heterocycles. The maximum absolute atomic E-state index is 12.0. The van der Waals surface area contributed by atoms with E-state index in [2.05, 4.69) is 0 Å². The fourth-order valence-electron chi connectivity index (χ4n) is 1.71. The zero-order valence-electron chi connectivity index (χ0n) is 12.5. The summed E-state index contributed by atoms with van der Waals surface area (Å²) >= 11 is 5.08. The van der Waals surface area contributed by atoms with Gasteiger partial charge in [0, 0.05) is 19.7 Å². The van der Waals surface area contributed by atoms with Gasteiger partial charge in [-0.15, -0.1) is 0 Å². The van der Waals surface area contributed by atoms with E-state index in [1.807, 2.05) is 56.6 Å². The lowest BCUT2D eigenvalue weighted by Crippen LogP contribution is -2.24. The van der Waals surface area contributed by atoms with Gasteiger partial charge in [-0.05, 0) is 36.0 Å². The average Bonchev–Trinajstić information content (AvgIpc) is 2.54. The van der Waals surface area contributed by atoms with Crippen molar-refractivity contribution in [3.63, 3.8) is 0 Å². The Hall–Kier alpha value is -2.46. The highest BCUT2D eigenvalue weighted by Crippen LogP contribution is 2.14. The summed E-state index contributed by atoms with van der Waals surface area (Å²) in [5.41, 5.74) is 1.60. The number of nitrogens with zero attached hydrogens (tertiary/aromatic N) is 1. The molecule has 0 fully saturated rings. The number of benzene rings is 2. The number of hydrogen-bond acceptors (Lipinski definition) is 3. The molecular weight excluding hydrogens is 294 g/mol. The van der Waals surface area contributed by atoms with Crippen molar-refractivity contribution < 1.29 is 9.53 Å². The van der Waals surface area contributed by atoms with E-state index in [4.69, 9.17) is 17.0 Å². The first-order chi connectivity index (χ1) is 10.6. The van der Waals surface area contributed by atoms with Crippen molar-refractivity contribution in [3.8, 4) is 5.75 Å². The maximum atomic E-state index is 12.0. The van der Waals surface area contributed by atoms with Crippen LogP contribution in [0.3, 0.4) is 0 Å². The molecule has 0 radical (unpaired) electrons. The molecule has 0 atom stereocenters. The Balaban J connectivity index is 2.01. The molecule has 22 heavy (non-hydrogen) atoms. The molecule has 0 unspecified atom stereocenters. The Morgan fingerprint density at radius 3 is 2.27 bits per heavy atom. The predicted molar refractivity (Wildman–Crippen MR) is 93.2 cm³/mol. The lowest BCUT2D eigenvalue weighted by molar-refractivity contribution is 0.104. The van der Waals surface area contributed by atoms with Crippen LogP contribution in [-0.2, 0) is 0 Å². The van der Waals surface area contributed by atoms with E-state index >= 15 is 0 Å². The van der Waals surface area contributed by atoms with E-state index in [1.54, 1.807) is 29.2 Å². The summed E-state index contributed by atoms with van der Waals surface area (Å²) in [6.45, 7) is 0. The molecule has 2 aromatic carbocycles. The maximum Gasteiger partial charge on any atom is 0.264 e. The summed E-state index contributed by atoms with van der Waals surface area (Å²) in [5.74, 6) is 0.653. The van der Waals surface area contributed by atoms with Gasteiger partial charge in [-0.2, -0.15) is 0 Å². The summed E-state index contributed by atoms with van der Waals surface area (Å²) in [4.78, 5) is 13.7. The average molecular weight is 311 g/mol. The molecule has 2 rings (SSSR count). The largest absolute Gasteiger partial charge is 0.432 e. The Labute approximate surface area is 135 Å². The van der Waals surface area contributed by atoms with Crippen LogP contribution in [0.1, 0.15) is 15.9 Å². The number of ether oxygens (including phenoxy) is 1. The minimum absolute atomic E-state index is 0.0188. The topological polar surface area (TPSA) is 29.5 Å². The van der Waals surface area contributed by atoms with Crippen molar-refractivity contribution in [2.24, 2.45) is 0 Å². The second-order valence-electron chi connectivity index (χ2n) is 4.90. The molecule has 0 saturated carbocycles. The van der Waals surface area contributed by atoms with Gasteiger partial charge in [0.05, 0.1) is 0 Å². The van der Waals surface area contributed by atoms with Gasteiger partial charge < -0.3 is 9.64 Å². The minimum atomic E-state index is -0.0188. The van der Waals surface area contributed by atoms with Gasteiger partial charge in [0.1, 0.15) is 5.75 Å². The summed E-state index contributed by atoms with van der Waals surface area (Å²) in [6, 6.07) is 16.6. The van der Waals surface area contributed by atoms with Crippen molar-refractivity contribution in [1.29, 1.82) is 0 Å². The minimum Gasteiger partial charge on any atom is -0.432 e. The van der Waals surface area contributed by atoms with Crippen LogP contribution in [0.5, 0.6) is 5.75 Å². The monoisotopic (exact) mass is 311 g/mol. The number of carbonyl (C=O) groups excluding carboxylic acids is 1. The number of carbonyl (C=O) groups is 1. The second-order valence-corrected chi connectivity index (χ2v) is 5.24. The van der Waals surface area contributed by atoms with Gasteiger partial charge in [0.2, 0.25) is 0 Å². The molecule has 0 aliphatic rings. The third kappa shape index (κ3) is 4.53. The van der Waals surface area contributed by atoms with Crippen LogP contribution in [0.2, 0.25) is 0 Å². The number of thiocarbonyl (C=S) groups is 1. The molecule has 0 heterocycles. The van der Waals surface area contributed by atoms with E-state index in [0.717, 1.165) is 5.56 Å². The van der Waals surface area contributed by atoms with Gasteiger partial charge in [0.15, 0.2) is 5.78 Å². The fourth-order valence-corrected chi connectivity index (χ4v) is 1.81. The third-order valence-corrected chi connectivity index (χ3v) is 3.38. The van der Waals surface area contributed by atoms with Crippen LogP contribution in [0.15, 0.2) is 60.7 Å². The van der Waals surface area contributed by atoms with Crippen LogP contribution in [0.25, 0.3) is 6.08 Å². The Morgan fingerprint density at radius 2 is 1.68 bits per heavy atom. The van der Waals surface area contributed by atoms with E-state index in [-0.39, 0.29) is 5.78 Å². The second kappa shape index (κ2) is 7.52. The first-order valence-electron chi connectivity index (χ1n) is 6.83. The fraction of sp³-hybridized carbons (Fsp3) is 0.111. The molecule has 3 nitrogen and oxygen atoms in total. The van der Waals surface area contributed by atoms with Gasteiger partial charge in [-0.1, -0.05) is 48.5 Å². The summed E-state index contributed by atoms with van der Waals surface area (Å²) in [7, 11) is 3.66. The van der Waals surface area contributed by atoms with E-state index in [0.29, 0.717) is 16.5 Å². The summed E-state index contributed by atoms with van der Waals surface area (Å²) < 4.78 is 5.49. The van der Waals surface area contributed by atoms with Crippen molar-refractivity contribution in [3.05, 3.63) is 71.8 Å². The zero-order valence-corrected chi connectivity index (χ0v) is 13.3. The molecule has 4 heteroatoms. The van der Waals surface area contributed by atoms with E-state index in [9.17, 15) is 4.79 Å². The predicted octanol–water partition coefficient (Wildman–Crippen LogP) is 3.81. The number of hydrogen-bond donors (Lipinski definition) is 0. The van der Waals surface area contributed by atoms with Gasteiger partial charge in [0.25, 0.3) is 5.17 Å². The van der Waals surface area contributed by atoms with Crippen LogP contribution in [-0.4, -0.2) is 30.0 Å². The molecule has 112 valence electrons. The highest BCUT2D eigenvalue weighted by atomic mass is 32.1. The van der Waals surface area contributed by atoms with Gasteiger partial charge in [-0.3, -0.25) is 4.79 Å². The zero-order chi connectivity index (χ0) is 15.9. The van der Waals surface area contributed by atoms with Gasteiger partial charge >= 0.3 is 0 Å². The first-order valence-corrected chi connectivity index (χ1v) is 7.24. The lowest BCUT2D eigenvalue weighted by atomic mass is 10.1.